The quantitative estimate of drug-likeness (QED) is 0.509. The van der Waals surface area contributed by atoms with Crippen molar-refractivity contribution in [2.75, 3.05) is 30.8 Å². The van der Waals surface area contributed by atoms with E-state index in [9.17, 15) is 4.79 Å². The zero-order chi connectivity index (χ0) is 17.5. The van der Waals surface area contributed by atoms with Crippen LogP contribution < -0.4 is 11.1 Å². The van der Waals surface area contributed by atoms with Gasteiger partial charge >= 0.3 is 0 Å². The molecule has 7 nitrogen and oxygen atoms in total. The number of nitrogens with one attached hydrogen (secondary N) is 1. The molecule has 24 heavy (non-hydrogen) atoms. The number of halogens is 1. The summed E-state index contributed by atoms with van der Waals surface area (Å²) in [5, 5.41) is 2.74. The summed E-state index contributed by atoms with van der Waals surface area (Å²) in [6.45, 7) is 0. The molecule has 1 aromatic carbocycles. The van der Waals surface area contributed by atoms with E-state index in [1.54, 1.807) is 26.0 Å². The lowest BCUT2D eigenvalue weighted by Gasteiger charge is -2.11. The molecule has 1 amide bonds. The Morgan fingerprint density at radius 1 is 1.33 bits per heavy atom. The highest BCUT2D eigenvalue weighted by atomic mass is 79.9. The highest BCUT2D eigenvalue weighted by molar-refractivity contribution is 9.10. The number of anilines is 2. The van der Waals surface area contributed by atoms with Crippen LogP contribution in [-0.4, -0.2) is 35.6 Å². The largest absolute Gasteiger partial charge is 0.382 e. The fourth-order valence-corrected chi connectivity index (χ4v) is 4.29. The number of carbonyl (C=O) groups excluding carboxylic acids is 1. The van der Waals surface area contributed by atoms with E-state index in [0.29, 0.717) is 10.3 Å². The van der Waals surface area contributed by atoms with Gasteiger partial charge in [-0.25, -0.2) is 9.97 Å². The Morgan fingerprint density at radius 2 is 2.00 bits per heavy atom. The molecule has 0 aliphatic rings. The topological polar surface area (TPSA) is 99.4 Å². The molecule has 10 heteroatoms. The maximum Gasteiger partial charge on any atom is 0.278 e. The van der Waals surface area contributed by atoms with Crippen LogP contribution in [0.2, 0.25) is 0 Å². The predicted molar refractivity (Wildman–Crippen MR) is 100 cm³/mol. The number of nitrogens with zero attached hydrogens (tertiary/aromatic N) is 2. The number of amides is 1. The molecular weight excluding hydrogens is 415 g/mol. The Morgan fingerprint density at radius 3 is 2.62 bits per heavy atom. The molecule has 0 aliphatic carbocycles. The molecular formula is C14H16BrN4O3PS. The SMILES string of the molecule is COP(CSc1ccc(NC(=O)c2nc(Br)cnc2N)cc1)OC. The number of carbonyl (C=O) groups is 1. The van der Waals surface area contributed by atoms with Crippen molar-refractivity contribution >= 4 is 53.5 Å². The molecule has 0 saturated carbocycles. The third kappa shape index (κ3) is 5.39. The second kappa shape index (κ2) is 9.29. The van der Waals surface area contributed by atoms with Crippen molar-refractivity contribution in [1.82, 2.24) is 9.97 Å². The average molecular weight is 431 g/mol. The van der Waals surface area contributed by atoms with Crippen molar-refractivity contribution in [3.8, 4) is 0 Å². The summed E-state index contributed by atoms with van der Waals surface area (Å²) in [5.74, 6) is -0.334. The molecule has 0 aliphatic heterocycles. The lowest BCUT2D eigenvalue weighted by molar-refractivity contribution is 0.102. The number of nitrogens with two attached hydrogens (primary N) is 1. The second-order valence-electron chi connectivity index (χ2n) is 4.38. The van der Waals surface area contributed by atoms with Crippen LogP contribution in [0.1, 0.15) is 10.5 Å². The Hall–Kier alpha value is -1.25. The number of hydrogen-bond acceptors (Lipinski definition) is 7. The van der Waals surface area contributed by atoms with Gasteiger partial charge in [0, 0.05) is 24.8 Å². The number of thioether (sulfide) groups is 1. The molecule has 0 spiro atoms. The van der Waals surface area contributed by atoms with Gasteiger partial charge in [-0.1, -0.05) is 0 Å². The molecule has 0 bridgehead atoms. The smallest absolute Gasteiger partial charge is 0.278 e. The number of benzene rings is 1. The van der Waals surface area contributed by atoms with Gasteiger partial charge in [0.2, 0.25) is 0 Å². The first-order valence-corrected chi connectivity index (χ1v) is 9.85. The molecule has 128 valence electrons. The van der Waals surface area contributed by atoms with Crippen LogP contribution in [0.25, 0.3) is 0 Å². The van der Waals surface area contributed by atoms with E-state index in [0.717, 1.165) is 10.4 Å². The molecule has 2 rings (SSSR count). The molecule has 0 atom stereocenters. The van der Waals surface area contributed by atoms with Crippen molar-refractivity contribution < 1.29 is 13.8 Å². The fraction of sp³-hybridized carbons (Fsp3) is 0.214. The lowest BCUT2D eigenvalue weighted by atomic mass is 10.3. The van der Waals surface area contributed by atoms with Crippen molar-refractivity contribution in [3.63, 3.8) is 0 Å². The minimum atomic E-state index is -0.879. The van der Waals surface area contributed by atoms with Crippen LogP contribution in [0.15, 0.2) is 40.0 Å². The van der Waals surface area contributed by atoms with E-state index in [4.69, 9.17) is 14.8 Å². The summed E-state index contributed by atoms with van der Waals surface area (Å²) >= 11 is 4.79. The summed E-state index contributed by atoms with van der Waals surface area (Å²) in [5.41, 5.74) is 7.14. The van der Waals surface area contributed by atoms with Gasteiger partial charge in [-0.2, -0.15) is 0 Å². The number of nitrogen functional groups attached to an aromatic ring is 1. The van der Waals surface area contributed by atoms with Crippen molar-refractivity contribution in [2.24, 2.45) is 0 Å². The Balaban J connectivity index is 1.98. The van der Waals surface area contributed by atoms with Crippen LogP contribution in [0.4, 0.5) is 11.5 Å². The van der Waals surface area contributed by atoms with E-state index in [1.807, 2.05) is 24.3 Å². The minimum absolute atomic E-state index is 0.0775. The molecule has 0 saturated heterocycles. The molecule has 0 fully saturated rings. The van der Waals surface area contributed by atoms with Gasteiger partial charge in [0.15, 0.2) is 19.9 Å². The van der Waals surface area contributed by atoms with Gasteiger partial charge in [-0.05, 0) is 40.2 Å². The highest BCUT2D eigenvalue weighted by Crippen LogP contribution is 2.42. The van der Waals surface area contributed by atoms with Crippen LogP contribution in [0, 0.1) is 0 Å². The summed E-state index contributed by atoms with van der Waals surface area (Å²) in [6, 6.07) is 7.44. The van der Waals surface area contributed by atoms with Crippen LogP contribution in [-0.2, 0) is 9.05 Å². The number of aromatic nitrogens is 2. The lowest BCUT2D eigenvalue weighted by Crippen LogP contribution is -2.16. The zero-order valence-electron chi connectivity index (χ0n) is 13.0. The molecule has 3 N–H and O–H groups in total. The van der Waals surface area contributed by atoms with Crippen LogP contribution >= 0.6 is 36.1 Å². The summed E-state index contributed by atoms with van der Waals surface area (Å²) < 4.78 is 10.9. The molecule has 0 radical (unpaired) electrons. The van der Waals surface area contributed by atoms with Crippen molar-refractivity contribution in [3.05, 3.63) is 40.8 Å². The summed E-state index contributed by atoms with van der Waals surface area (Å²) in [6.07, 6.45) is 1.44. The van der Waals surface area contributed by atoms with Gasteiger partial charge in [0.1, 0.15) is 4.60 Å². The molecule has 1 aromatic heterocycles. The molecule has 0 unspecified atom stereocenters. The maximum absolute atomic E-state index is 12.2. The van der Waals surface area contributed by atoms with Gasteiger partial charge in [-0.3, -0.25) is 4.79 Å². The second-order valence-corrected chi connectivity index (χ2v) is 8.38. The van der Waals surface area contributed by atoms with Crippen LogP contribution in [0.3, 0.4) is 0 Å². The number of rotatable bonds is 7. The van der Waals surface area contributed by atoms with Gasteiger partial charge in [-0.15, -0.1) is 11.8 Å². The van der Waals surface area contributed by atoms with Gasteiger partial charge in [0.25, 0.3) is 5.91 Å². The third-order valence-electron chi connectivity index (χ3n) is 2.84. The first-order chi connectivity index (χ1) is 11.5. The van der Waals surface area contributed by atoms with E-state index in [2.05, 4.69) is 31.2 Å². The van der Waals surface area contributed by atoms with Gasteiger partial charge in [0.05, 0.1) is 11.7 Å². The molecule has 1 heterocycles. The maximum atomic E-state index is 12.2. The molecule has 2 aromatic rings. The van der Waals surface area contributed by atoms with Gasteiger partial charge < -0.3 is 20.1 Å². The third-order valence-corrected chi connectivity index (χ3v) is 6.00. The highest BCUT2D eigenvalue weighted by Gasteiger charge is 2.14. The Labute approximate surface area is 153 Å². The Kier molecular flexibility index (Phi) is 7.39. The standard InChI is InChI=1S/C14H16BrN4O3PS/c1-21-23(22-2)8-24-10-5-3-9(4-6-10)18-14(20)12-13(16)17-7-11(15)19-12/h3-7H,8H2,1-2H3,(H2,16,17)(H,18,20). The first kappa shape index (κ1) is 19.1. The van der Waals surface area contributed by atoms with Crippen LogP contribution in [0.5, 0.6) is 0 Å². The van der Waals surface area contributed by atoms with E-state index in [-0.39, 0.29) is 11.5 Å². The fourth-order valence-electron chi connectivity index (χ4n) is 1.68. The van der Waals surface area contributed by atoms with Crippen molar-refractivity contribution in [2.45, 2.75) is 4.90 Å². The average Bonchev–Trinajstić information content (AvgIpc) is 2.59. The predicted octanol–water partition coefficient (Wildman–Crippen LogP) is 3.73. The van der Waals surface area contributed by atoms with E-state index >= 15 is 0 Å². The monoisotopic (exact) mass is 430 g/mol. The summed E-state index contributed by atoms with van der Waals surface area (Å²) in [7, 11) is 2.38. The van der Waals surface area contributed by atoms with Crippen molar-refractivity contribution in [1.29, 1.82) is 0 Å². The number of hydrogen-bond donors (Lipinski definition) is 2. The van der Waals surface area contributed by atoms with E-state index < -0.39 is 14.3 Å². The first-order valence-electron chi connectivity index (χ1n) is 6.71. The Bertz CT molecular complexity index is 701. The normalized spacial score (nSPS) is 10.8. The van der Waals surface area contributed by atoms with E-state index in [1.165, 1.54) is 6.20 Å². The summed E-state index contributed by atoms with van der Waals surface area (Å²) in [4.78, 5) is 21.2. The minimum Gasteiger partial charge on any atom is -0.382 e. The zero-order valence-corrected chi connectivity index (χ0v) is 16.3.